The Morgan fingerprint density at radius 1 is 0.364 bits per heavy atom. The first-order chi connectivity index (χ1) is 21.4. The minimum Gasteiger partial charge on any atom is -0.462 e. The van der Waals surface area contributed by atoms with Gasteiger partial charge in [-0.1, -0.05) is 130 Å². The van der Waals surface area contributed by atoms with Crippen molar-refractivity contribution in [1.29, 1.82) is 0 Å². The third kappa shape index (κ3) is 26.3. The van der Waals surface area contributed by atoms with Gasteiger partial charge in [0.1, 0.15) is 13.2 Å². The molecule has 0 aromatic rings. The van der Waals surface area contributed by atoms with Crippen LogP contribution in [-0.2, 0) is 38.1 Å². The van der Waals surface area contributed by atoms with E-state index in [-0.39, 0.29) is 50.8 Å². The van der Waals surface area contributed by atoms with Crippen molar-refractivity contribution in [3.63, 3.8) is 0 Å². The molecule has 0 aliphatic carbocycles. The van der Waals surface area contributed by atoms with Crippen LogP contribution in [0.4, 0.5) is 0 Å². The maximum Gasteiger partial charge on any atom is 0.306 e. The first-order valence-electron chi connectivity index (χ1n) is 18.1. The van der Waals surface area contributed by atoms with Crippen LogP contribution in [0.3, 0.4) is 0 Å². The largest absolute Gasteiger partial charge is 0.462 e. The second-order valence-corrected chi connectivity index (χ2v) is 12.1. The predicted molar refractivity (Wildman–Crippen MR) is 175 cm³/mol. The molecule has 8 heteroatoms. The summed E-state index contributed by atoms with van der Waals surface area (Å²) in [6.07, 6.45) is 18.7. The van der Waals surface area contributed by atoms with E-state index in [2.05, 4.69) is 27.7 Å². The Morgan fingerprint density at radius 3 is 0.886 bits per heavy atom. The monoisotopic (exact) mass is 626 g/mol. The minimum absolute atomic E-state index is 0.223. The lowest BCUT2D eigenvalue weighted by molar-refractivity contribution is -0.183. The number of ether oxygens (including phenoxy) is 4. The average molecular weight is 627 g/mol. The lowest BCUT2D eigenvalue weighted by Crippen LogP contribution is -2.42. The summed E-state index contributed by atoms with van der Waals surface area (Å²) in [4.78, 5) is 50.7. The standard InChI is InChI=1S/C36H66O8/c1-5-9-13-17-21-25-33(37)41-29-31(43-35(39)27-23-19-15-11-7-3)32(44-36(40)28-24-20-16-12-8-4)30-42-34(38)26-22-18-14-10-6-2/h31-32H,5-30H2,1-4H3/t31-,32+. The summed E-state index contributed by atoms with van der Waals surface area (Å²) in [6, 6.07) is 0. The number of hydrogen-bond donors (Lipinski definition) is 0. The molecule has 0 saturated carbocycles. The highest BCUT2D eigenvalue weighted by atomic mass is 16.6. The number of carbonyl (C=O) groups excluding carboxylic acids is 4. The van der Waals surface area contributed by atoms with E-state index in [1.807, 2.05) is 0 Å². The molecule has 0 radical (unpaired) electrons. The number of hydrogen-bond acceptors (Lipinski definition) is 8. The van der Waals surface area contributed by atoms with Crippen LogP contribution in [0.1, 0.15) is 182 Å². The first kappa shape index (κ1) is 41.9. The highest BCUT2D eigenvalue weighted by Gasteiger charge is 2.31. The molecule has 0 aromatic heterocycles. The molecule has 44 heavy (non-hydrogen) atoms. The quantitative estimate of drug-likeness (QED) is 0.0426. The van der Waals surface area contributed by atoms with Gasteiger partial charge in [0.15, 0.2) is 12.2 Å². The maximum absolute atomic E-state index is 12.8. The van der Waals surface area contributed by atoms with E-state index in [0.29, 0.717) is 12.8 Å². The molecule has 0 aromatic carbocycles. The molecule has 0 amide bonds. The fourth-order valence-electron chi connectivity index (χ4n) is 4.88. The molecule has 0 aliphatic rings. The van der Waals surface area contributed by atoms with Crippen LogP contribution < -0.4 is 0 Å². The van der Waals surface area contributed by atoms with Crippen LogP contribution in [0.25, 0.3) is 0 Å². The van der Waals surface area contributed by atoms with Crippen molar-refractivity contribution < 1.29 is 38.1 Å². The molecule has 2 atom stereocenters. The number of unbranched alkanes of at least 4 members (excludes halogenated alkanes) is 16. The van der Waals surface area contributed by atoms with Crippen LogP contribution in [0.5, 0.6) is 0 Å². The zero-order valence-corrected chi connectivity index (χ0v) is 28.8. The smallest absolute Gasteiger partial charge is 0.306 e. The summed E-state index contributed by atoms with van der Waals surface area (Å²) in [6.45, 7) is 8.05. The summed E-state index contributed by atoms with van der Waals surface area (Å²) in [7, 11) is 0. The zero-order chi connectivity index (χ0) is 32.7. The highest BCUT2D eigenvalue weighted by Crippen LogP contribution is 2.15. The summed E-state index contributed by atoms with van der Waals surface area (Å²) >= 11 is 0. The molecule has 0 aliphatic heterocycles. The second-order valence-electron chi connectivity index (χ2n) is 12.1. The van der Waals surface area contributed by atoms with Gasteiger partial charge in [0.25, 0.3) is 0 Å². The van der Waals surface area contributed by atoms with E-state index in [0.717, 1.165) is 116 Å². The van der Waals surface area contributed by atoms with Crippen LogP contribution in [-0.4, -0.2) is 49.3 Å². The zero-order valence-electron chi connectivity index (χ0n) is 28.8. The third-order valence-corrected chi connectivity index (χ3v) is 7.74. The molecule has 0 saturated heterocycles. The van der Waals surface area contributed by atoms with E-state index >= 15 is 0 Å². The summed E-state index contributed by atoms with van der Waals surface area (Å²) in [5.41, 5.74) is 0. The van der Waals surface area contributed by atoms with E-state index in [9.17, 15) is 19.2 Å². The van der Waals surface area contributed by atoms with Gasteiger partial charge in [0.2, 0.25) is 0 Å². The summed E-state index contributed by atoms with van der Waals surface area (Å²) < 4.78 is 22.6. The molecule has 0 bridgehead atoms. The Bertz CT molecular complexity index is 663. The normalized spacial score (nSPS) is 12.4. The van der Waals surface area contributed by atoms with E-state index in [1.165, 1.54) is 0 Å². The number of esters is 4. The summed E-state index contributed by atoms with van der Waals surface area (Å²) in [5, 5.41) is 0. The number of rotatable bonds is 31. The third-order valence-electron chi connectivity index (χ3n) is 7.74. The second kappa shape index (κ2) is 30.9. The van der Waals surface area contributed by atoms with Crippen molar-refractivity contribution in [3.05, 3.63) is 0 Å². The molecule has 0 fully saturated rings. The van der Waals surface area contributed by atoms with Gasteiger partial charge in [-0.15, -0.1) is 0 Å². The van der Waals surface area contributed by atoms with Crippen LogP contribution in [0, 0.1) is 0 Å². The molecule has 0 unspecified atom stereocenters. The van der Waals surface area contributed by atoms with E-state index < -0.39 is 24.1 Å². The molecule has 0 rings (SSSR count). The van der Waals surface area contributed by atoms with Crippen molar-refractivity contribution in [2.75, 3.05) is 13.2 Å². The van der Waals surface area contributed by atoms with Gasteiger partial charge in [-0.25, -0.2) is 0 Å². The van der Waals surface area contributed by atoms with Gasteiger partial charge in [0, 0.05) is 25.7 Å². The van der Waals surface area contributed by atoms with Gasteiger partial charge in [-0.2, -0.15) is 0 Å². The topological polar surface area (TPSA) is 105 Å². The predicted octanol–water partition coefficient (Wildman–Crippen LogP) is 9.34. The lowest BCUT2D eigenvalue weighted by atomic mass is 10.1. The SMILES string of the molecule is CCCCCCCC(=O)OC[C@H](OC(=O)CCCCCCC)[C@@H](COC(=O)CCCCCCC)OC(=O)CCCCCCC. The van der Waals surface area contributed by atoms with Crippen molar-refractivity contribution in [1.82, 2.24) is 0 Å². The molecule has 0 spiro atoms. The molecular formula is C36H66O8. The van der Waals surface area contributed by atoms with Crippen molar-refractivity contribution >= 4 is 23.9 Å². The minimum atomic E-state index is -1.05. The Hall–Kier alpha value is -2.12. The molecular weight excluding hydrogens is 560 g/mol. The van der Waals surface area contributed by atoms with Gasteiger partial charge in [-0.3, -0.25) is 19.2 Å². The lowest BCUT2D eigenvalue weighted by Gasteiger charge is -2.27. The Morgan fingerprint density at radius 2 is 0.614 bits per heavy atom. The molecule has 258 valence electrons. The van der Waals surface area contributed by atoms with Crippen LogP contribution in [0.2, 0.25) is 0 Å². The van der Waals surface area contributed by atoms with Crippen LogP contribution in [0.15, 0.2) is 0 Å². The van der Waals surface area contributed by atoms with Gasteiger partial charge in [-0.05, 0) is 25.7 Å². The van der Waals surface area contributed by atoms with Gasteiger partial charge in [0.05, 0.1) is 0 Å². The van der Waals surface area contributed by atoms with Crippen molar-refractivity contribution in [3.8, 4) is 0 Å². The van der Waals surface area contributed by atoms with E-state index in [4.69, 9.17) is 18.9 Å². The average Bonchev–Trinajstić information content (AvgIpc) is 3.00. The Kier molecular flexibility index (Phi) is 29.4. The first-order valence-corrected chi connectivity index (χ1v) is 18.1. The van der Waals surface area contributed by atoms with Gasteiger partial charge < -0.3 is 18.9 Å². The number of carbonyl (C=O) groups is 4. The summed E-state index contributed by atoms with van der Waals surface area (Å²) in [5.74, 6) is -1.64. The fraction of sp³-hybridized carbons (Fsp3) is 0.889. The Balaban J connectivity index is 5.39. The molecule has 0 heterocycles. The molecule has 0 N–H and O–H groups in total. The maximum atomic E-state index is 12.8. The van der Waals surface area contributed by atoms with Crippen molar-refractivity contribution in [2.24, 2.45) is 0 Å². The van der Waals surface area contributed by atoms with Gasteiger partial charge >= 0.3 is 23.9 Å². The molecule has 8 nitrogen and oxygen atoms in total. The highest BCUT2D eigenvalue weighted by molar-refractivity contribution is 5.72. The van der Waals surface area contributed by atoms with Crippen LogP contribution >= 0.6 is 0 Å². The van der Waals surface area contributed by atoms with E-state index in [1.54, 1.807) is 0 Å². The van der Waals surface area contributed by atoms with Crippen molar-refractivity contribution in [2.45, 2.75) is 194 Å². The fourth-order valence-corrected chi connectivity index (χ4v) is 4.88. The Labute approximate surface area is 269 Å².